The lowest BCUT2D eigenvalue weighted by Gasteiger charge is -2.56. The zero-order chi connectivity index (χ0) is 19.6. The number of nitro groups is 2. The van der Waals surface area contributed by atoms with Gasteiger partial charge in [0, 0.05) is 17.7 Å². The Morgan fingerprint density at radius 3 is 1.93 bits per heavy atom. The summed E-state index contributed by atoms with van der Waals surface area (Å²) >= 11 is 0. The molecule has 0 saturated heterocycles. The Morgan fingerprint density at radius 1 is 0.964 bits per heavy atom. The van der Waals surface area contributed by atoms with E-state index in [0.29, 0.717) is 29.1 Å². The standard InChI is InChI=1S/C18H20N6O4/c19-17-20-16(13-4-14(23(25)26)6-15(5-13)24(27)28)22(21-17)18-7-10-1-11(8-18)3-12(2-10)9-18/h4-6,10-12H,1-3,7-9H2,(H2,19,21). The topological polar surface area (TPSA) is 143 Å². The van der Waals surface area contributed by atoms with Gasteiger partial charge in [0.2, 0.25) is 5.95 Å². The predicted octanol–water partition coefficient (Wildman–Crippen LogP) is 3.27. The van der Waals surface area contributed by atoms with E-state index in [0.717, 1.165) is 25.3 Å². The molecule has 2 N–H and O–H groups in total. The average molecular weight is 384 g/mol. The van der Waals surface area contributed by atoms with Crippen LogP contribution in [0.15, 0.2) is 18.2 Å². The summed E-state index contributed by atoms with van der Waals surface area (Å²) in [5.74, 6) is 2.43. The largest absolute Gasteiger partial charge is 0.366 e. The minimum atomic E-state index is -0.634. The molecule has 4 bridgehead atoms. The number of nitro benzene ring substituents is 2. The minimum Gasteiger partial charge on any atom is -0.366 e. The van der Waals surface area contributed by atoms with Gasteiger partial charge in [-0.25, -0.2) is 4.68 Å². The van der Waals surface area contributed by atoms with Crippen molar-refractivity contribution in [1.29, 1.82) is 0 Å². The summed E-state index contributed by atoms with van der Waals surface area (Å²) in [5.41, 5.74) is 5.34. The Hall–Kier alpha value is -3.04. The second-order valence-electron chi connectivity index (χ2n) is 8.60. The molecular formula is C18H20N6O4. The Morgan fingerprint density at radius 2 is 1.46 bits per heavy atom. The summed E-state index contributed by atoms with van der Waals surface area (Å²) in [4.78, 5) is 25.6. The lowest BCUT2D eigenvalue weighted by Crippen LogP contribution is -2.52. The number of anilines is 1. The van der Waals surface area contributed by atoms with Crippen LogP contribution in [-0.4, -0.2) is 24.6 Å². The number of nitrogens with two attached hydrogens (primary N) is 1. The molecule has 0 atom stereocenters. The third-order valence-corrected chi connectivity index (χ3v) is 6.66. The Labute approximate surface area is 160 Å². The average Bonchev–Trinajstić information content (AvgIpc) is 3.03. The monoisotopic (exact) mass is 384 g/mol. The maximum Gasteiger partial charge on any atom is 0.277 e. The SMILES string of the molecule is Nc1nc(-c2cc([N+](=O)[O-])cc([N+](=O)[O-])c2)n(C23CC4CC(CC(C4)C2)C3)n1. The van der Waals surface area contributed by atoms with Gasteiger partial charge in [0.25, 0.3) is 11.4 Å². The van der Waals surface area contributed by atoms with Gasteiger partial charge in [-0.2, -0.15) is 4.98 Å². The maximum absolute atomic E-state index is 11.3. The van der Waals surface area contributed by atoms with Crippen LogP contribution in [0.4, 0.5) is 17.3 Å². The minimum absolute atomic E-state index is 0.0832. The van der Waals surface area contributed by atoms with Crippen LogP contribution in [0.1, 0.15) is 38.5 Å². The summed E-state index contributed by atoms with van der Waals surface area (Å²) in [6.45, 7) is 0. The van der Waals surface area contributed by atoms with Crippen molar-refractivity contribution in [3.05, 3.63) is 38.4 Å². The third kappa shape index (κ3) is 2.54. The molecule has 2 aromatic rings. The molecule has 10 nitrogen and oxygen atoms in total. The first-order valence-corrected chi connectivity index (χ1v) is 9.50. The molecular weight excluding hydrogens is 364 g/mol. The van der Waals surface area contributed by atoms with Crippen LogP contribution in [0.3, 0.4) is 0 Å². The first-order valence-electron chi connectivity index (χ1n) is 9.50. The van der Waals surface area contributed by atoms with E-state index in [2.05, 4.69) is 10.1 Å². The second-order valence-corrected chi connectivity index (χ2v) is 8.60. The predicted molar refractivity (Wildman–Crippen MR) is 99.3 cm³/mol. The highest BCUT2D eigenvalue weighted by Gasteiger charge is 2.53. The van der Waals surface area contributed by atoms with Gasteiger partial charge in [0.15, 0.2) is 5.82 Å². The van der Waals surface area contributed by atoms with Crippen molar-refractivity contribution < 1.29 is 9.85 Å². The number of aromatic nitrogens is 3. The van der Waals surface area contributed by atoms with Crippen molar-refractivity contribution >= 4 is 17.3 Å². The maximum atomic E-state index is 11.3. The number of hydrogen-bond acceptors (Lipinski definition) is 7. The molecule has 0 unspecified atom stereocenters. The molecule has 1 aromatic heterocycles. The van der Waals surface area contributed by atoms with Crippen LogP contribution >= 0.6 is 0 Å². The van der Waals surface area contributed by atoms with E-state index in [9.17, 15) is 20.2 Å². The van der Waals surface area contributed by atoms with Crippen LogP contribution in [0, 0.1) is 38.0 Å². The Balaban J connectivity index is 1.66. The quantitative estimate of drug-likeness (QED) is 0.629. The molecule has 0 spiro atoms. The number of hydrogen-bond donors (Lipinski definition) is 1. The lowest BCUT2D eigenvalue weighted by atomic mass is 9.53. The fraction of sp³-hybridized carbons (Fsp3) is 0.556. The van der Waals surface area contributed by atoms with Gasteiger partial charge in [0.05, 0.1) is 21.5 Å². The first-order chi connectivity index (χ1) is 13.3. The van der Waals surface area contributed by atoms with Gasteiger partial charge in [-0.05, 0) is 56.3 Å². The second kappa shape index (κ2) is 5.73. The molecule has 0 radical (unpaired) electrons. The molecule has 1 aromatic carbocycles. The van der Waals surface area contributed by atoms with Crippen molar-refractivity contribution in [2.24, 2.45) is 17.8 Å². The molecule has 4 aliphatic carbocycles. The zero-order valence-corrected chi connectivity index (χ0v) is 15.2. The fourth-order valence-corrected chi connectivity index (χ4v) is 6.11. The van der Waals surface area contributed by atoms with Crippen LogP contribution in [0.25, 0.3) is 11.4 Å². The summed E-state index contributed by atoms with van der Waals surface area (Å²) in [5, 5.41) is 27.0. The molecule has 28 heavy (non-hydrogen) atoms. The number of rotatable bonds is 4. The van der Waals surface area contributed by atoms with Gasteiger partial charge in [-0.1, -0.05) is 0 Å². The highest BCUT2D eigenvalue weighted by atomic mass is 16.6. The van der Waals surface area contributed by atoms with E-state index in [-0.39, 0.29) is 22.9 Å². The van der Waals surface area contributed by atoms with Crippen LogP contribution in [0.2, 0.25) is 0 Å². The van der Waals surface area contributed by atoms with Crippen LogP contribution in [0.5, 0.6) is 0 Å². The summed E-state index contributed by atoms with van der Waals surface area (Å²) in [6, 6.07) is 3.58. The van der Waals surface area contributed by atoms with Crippen molar-refractivity contribution in [2.45, 2.75) is 44.1 Å². The molecule has 146 valence electrons. The van der Waals surface area contributed by atoms with E-state index in [4.69, 9.17) is 5.73 Å². The first kappa shape index (κ1) is 17.1. The van der Waals surface area contributed by atoms with Gasteiger partial charge in [-0.15, -0.1) is 5.10 Å². The van der Waals surface area contributed by atoms with Gasteiger partial charge >= 0.3 is 0 Å². The number of non-ortho nitro benzene ring substituents is 2. The van der Waals surface area contributed by atoms with Gasteiger partial charge in [0.1, 0.15) is 0 Å². The number of benzene rings is 1. The van der Waals surface area contributed by atoms with Gasteiger partial charge < -0.3 is 5.73 Å². The normalized spacial score (nSPS) is 30.5. The number of nitrogen functional groups attached to an aromatic ring is 1. The van der Waals surface area contributed by atoms with Crippen molar-refractivity contribution in [1.82, 2.24) is 14.8 Å². The highest BCUT2D eigenvalue weighted by molar-refractivity contribution is 5.65. The van der Waals surface area contributed by atoms with E-state index >= 15 is 0 Å². The summed E-state index contributed by atoms with van der Waals surface area (Å²) in [7, 11) is 0. The van der Waals surface area contributed by atoms with E-state index in [1.807, 2.05) is 4.68 Å². The summed E-state index contributed by atoms with van der Waals surface area (Å²) in [6.07, 6.45) is 6.73. The van der Waals surface area contributed by atoms with Crippen LogP contribution in [-0.2, 0) is 5.54 Å². The van der Waals surface area contributed by atoms with Crippen molar-refractivity contribution in [2.75, 3.05) is 5.73 Å². The lowest BCUT2D eigenvalue weighted by molar-refractivity contribution is -0.394. The molecule has 10 heteroatoms. The van der Waals surface area contributed by atoms with E-state index in [1.54, 1.807) is 0 Å². The fourth-order valence-electron chi connectivity index (χ4n) is 6.11. The molecule has 6 rings (SSSR count). The third-order valence-electron chi connectivity index (χ3n) is 6.66. The molecule has 1 heterocycles. The Bertz CT molecular complexity index is 932. The van der Waals surface area contributed by atoms with Gasteiger partial charge in [-0.3, -0.25) is 20.2 Å². The highest BCUT2D eigenvalue weighted by Crippen LogP contribution is 2.59. The van der Waals surface area contributed by atoms with Crippen molar-refractivity contribution in [3.63, 3.8) is 0 Å². The molecule has 4 fully saturated rings. The van der Waals surface area contributed by atoms with E-state index < -0.39 is 9.85 Å². The molecule has 0 amide bonds. The van der Waals surface area contributed by atoms with Crippen molar-refractivity contribution in [3.8, 4) is 11.4 Å². The van der Waals surface area contributed by atoms with E-state index in [1.165, 1.54) is 31.4 Å². The Kier molecular flexibility index (Phi) is 3.49. The molecule has 0 aliphatic heterocycles. The molecule has 4 aliphatic rings. The smallest absolute Gasteiger partial charge is 0.277 e. The molecule has 4 saturated carbocycles. The zero-order valence-electron chi connectivity index (χ0n) is 15.2. The summed E-state index contributed by atoms with van der Waals surface area (Å²) < 4.78 is 1.83. The van der Waals surface area contributed by atoms with Crippen LogP contribution < -0.4 is 5.73 Å². The number of nitrogens with zero attached hydrogens (tertiary/aromatic N) is 5.